The van der Waals surface area contributed by atoms with Gasteiger partial charge < -0.3 is 19.5 Å². The Morgan fingerprint density at radius 2 is 1.41 bits per heavy atom. The predicted molar refractivity (Wildman–Crippen MR) is 151 cm³/mol. The van der Waals surface area contributed by atoms with Crippen molar-refractivity contribution >= 4 is 46.2 Å². The van der Waals surface area contributed by atoms with Crippen LogP contribution in [0.15, 0.2) is 90.5 Å². The number of allylic oxidation sites excluding steroid dienone is 1. The van der Waals surface area contributed by atoms with Crippen molar-refractivity contribution in [1.82, 2.24) is 0 Å². The first-order chi connectivity index (χ1) is 19.0. The molecule has 0 bridgehead atoms. The van der Waals surface area contributed by atoms with Crippen LogP contribution in [0.5, 0.6) is 11.5 Å². The molecular weight excluding hydrogens is 512 g/mol. The van der Waals surface area contributed by atoms with Crippen LogP contribution in [-0.4, -0.2) is 30.1 Å². The molecule has 0 saturated carbocycles. The number of thiophene rings is 1. The van der Waals surface area contributed by atoms with Gasteiger partial charge in [-0.05, 0) is 48.0 Å². The van der Waals surface area contributed by atoms with Crippen molar-refractivity contribution in [2.45, 2.75) is 12.8 Å². The van der Waals surface area contributed by atoms with Gasteiger partial charge in [0.1, 0.15) is 19.3 Å². The zero-order valence-corrected chi connectivity index (χ0v) is 21.7. The van der Waals surface area contributed by atoms with Gasteiger partial charge in [-0.1, -0.05) is 48.5 Å². The molecule has 5 rings (SSSR count). The predicted octanol–water partition coefficient (Wildman–Crippen LogP) is 7.00. The highest BCUT2D eigenvalue weighted by Gasteiger charge is 2.26. The van der Waals surface area contributed by atoms with Crippen LogP contribution in [0, 0.1) is 11.3 Å². The molecule has 39 heavy (non-hydrogen) atoms. The molecule has 0 atom stereocenters. The topological polar surface area (TPSA) is 99.9 Å². The van der Waals surface area contributed by atoms with Gasteiger partial charge in [0.15, 0.2) is 17.3 Å². The Morgan fingerprint density at radius 3 is 1.97 bits per heavy atom. The first-order valence-electron chi connectivity index (χ1n) is 12.3. The number of carbonyl (C=O) groups excluding carboxylic acids is 1. The number of nitriles is 1. The van der Waals surface area contributed by atoms with Crippen LogP contribution in [0.1, 0.15) is 17.7 Å². The number of ether oxygens (including phenoxy) is 2. The monoisotopic (exact) mass is 536 g/mol. The van der Waals surface area contributed by atoms with Crippen LogP contribution in [-0.2, 0) is 9.59 Å². The van der Waals surface area contributed by atoms with Crippen LogP contribution < -0.4 is 14.4 Å². The number of para-hydroxylation sites is 2. The average Bonchev–Trinajstić information content (AvgIpc) is 3.34. The number of hydrogen-bond acceptors (Lipinski definition) is 7. The zero-order chi connectivity index (χ0) is 27.2. The van der Waals surface area contributed by atoms with Gasteiger partial charge in [-0.3, -0.25) is 9.59 Å². The van der Waals surface area contributed by atoms with E-state index in [1.54, 1.807) is 0 Å². The molecule has 0 radical (unpaired) electrons. The molecule has 1 aromatic heterocycles. The van der Waals surface area contributed by atoms with Crippen molar-refractivity contribution in [1.29, 1.82) is 5.26 Å². The van der Waals surface area contributed by atoms with E-state index in [-0.39, 0.29) is 18.4 Å². The van der Waals surface area contributed by atoms with E-state index in [1.165, 1.54) is 17.4 Å². The summed E-state index contributed by atoms with van der Waals surface area (Å²) in [7, 11) is 0. The molecule has 0 unspecified atom stereocenters. The highest BCUT2D eigenvalue weighted by atomic mass is 32.1. The summed E-state index contributed by atoms with van der Waals surface area (Å²) in [6.45, 7) is 0.733. The largest absolute Gasteiger partial charge is 0.485 e. The van der Waals surface area contributed by atoms with Crippen molar-refractivity contribution in [2.75, 3.05) is 18.1 Å². The molecule has 1 aliphatic rings. The number of Topliss-reactive ketones (excluding diaryl/α,β-unsaturated/α-hetero) is 1. The molecule has 0 aliphatic carbocycles. The molecule has 0 amide bonds. The fourth-order valence-electron chi connectivity index (χ4n) is 4.28. The van der Waals surface area contributed by atoms with Gasteiger partial charge in [0, 0.05) is 23.5 Å². The van der Waals surface area contributed by atoms with Crippen LogP contribution >= 0.6 is 11.3 Å². The van der Waals surface area contributed by atoms with Crippen molar-refractivity contribution < 1.29 is 24.2 Å². The second-order valence-corrected chi connectivity index (χ2v) is 9.74. The highest BCUT2D eigenvalue weighted by molar-refractivity contribution is 7.17. The quantitative estimate of drug-likeness (QED) is 0.182. The van der Waals surface area contributed by atoms with Gasteiger partial charge in [0.05, 0.1) is 21.7 Å². The van der Waals surface area contributed by atoms with Crippen molar-refractivity contribution in [3.63, 3.8) is 0 Å². The summed E-state index contributed by atoms with van der Waals surface area (Å²) in [5, 5.41) is 18.4. The van der Waals surface area contributed by atoms with Gasteiger partial charge >= 0.3 is 5.97 Å². The van der Waals surface area contributed by atoms with Gasteiger partial charge in [0.2, 0.25) is 0 Å². The second kappa shape index (κ2) is 11.7. The third-order valence-corrected chi connectivity index (χ3v) is 7.25. The smallest absolute Gasteiger partial charge is 0.303 e. The first kappa shape index (κ1) is 25.8. The molecular formula is C31H24N2O5S. The number of carboxylic acid groups (broad SMARTS) is 1. The lowest BCUT2D eigenvalue weighted by atomic mass is 10.1. The van der Waals surface area contributed by atoms with Crippen LogP contribution in [0.3, 0.4) is 0 Å². The molecule has 8 heteroatoms. The normalized spacial score (nSPS) is 12.4. The molecule has 0 saturated heterocycles. The number of ketones is 1. The minimum Gasteiger partial charge on any atom is -0.485 e. The van der Waals surface area contributed by atoms with E-state index < -0.39 is 11.8 Å². The number of hydrogen-bond donors (Lipinski definition) is 1. The molecule has 194 valence electrons. The van der Waals surface area contributed by atoms with E-state index in [4.69, 9.17) is 14.6 Å². The van der Waals surface area contributed by atoms with Gasteiger partial charge in [0.25, 0.3) is 0 Å². The molecule has 3 aromatic carbocycles. The number of rotatable bonds is 9. The van der Waals surface area contributed by atoms with E-state index in [1.807, 2.05) is 66.7 Å². The van der Waals surface area contributed by atoms with Crippen molar-refractivity contribution in [3.05, 3.63) is 95.4 Å². The van der Waals surface area contributed by atoms with Crippen molar-refractivity contribution in [3.8, 4) is 28.0 Å². The van der Waals surface area contributed by atoms with Crippen LogP contribution in [0.25, 0.3) is 16.5 Å². The Kier molecular flexibility index (Phi) is 7.71. The number of carboxylic acids is 1. The summed E-state index contributed by atoms with van der Waals surface area (Å²) in [5.74, 6) is -0.552. The number of nitrogens with zero attached hydrogens (tertiary/aromatic N) is 2. The first-order valence-corrected chi connectivity index (χ1v) is 13.2. The van der Waals surface area contributed by atoms with Gasteiger partial charge in [-0.25, -0.2) is 0 Å². The van der Waals surface area contributed by atoms with E-state index in [2.05, 4.69) is 29.2 Å². The fourth-order valence-corrected chi connectivity index (χ4v) is 5.42. The maximum atomic E-state index is 12.4. The summed E-state index contributed by atoms with van der Waals surface area (Å²) in [4.78, 5) is 26.9. The third-order valence-electron chi connectivity index (χ3n) is 6.10. The SMILES string of the molecule is N#C/C(=C\c1sc(-c2ccc(N(c3ccccc3)c3ccccc3)cc2)c2c1OCCO2)C(=O)CCC(=O)O. The summed E-state index contributed by atoms with van der Waals surface area (Å²) in [5.41, 5.74) is 3.84. The number of anilines is 3. The van der Waals surface area contributed by atoms with E-state index in [9.17, 15) is 14.9 Å². The average molecular weight is 537 g/mol. The number of fused-ring (bicyclic) bond motifs is 1. The fraction of sp³-hybridized carbons (Fsp3) is 0.129. The van der Waals surface area contributed by atoms with Gasteiger partial charge in [-0.2, -0.15) is 5.26 Å². The lowest BCUT2D eigenvalue weighted by Crippen LogP contribution is -2.15. The molecule has 1 N–H and O–H groups in total. The lowest BCUT2D eigenvalue weighted by Gasteiger charge is -2.25. The van der Waals surface area contributed by atoms with E-state index >= 15 is 0 Å². The summed E-state index contributed by atoms with van der Waals surface area (Å²) >= 11 is 1.36. The molecule has 7 nitrogen and oxygen atoms in total. The number of benzene rings is 3. The van der Waals surface area contributed by atoms with Crippen molar-refractivity contribution in [2.24, 2.45) is 0 Å². The van der Waals surface area contributed by atoms with E-state index in [0.717, 1.165) is 27.5 Å². The Balaban J connectivity index is 1.50. The summed E-state index contributed by atoms with van der Waals surface area (Å²) in [6.07, 6.45) is 0.890. The molecule has 0 fully saturated rings. The second-order valence-electron chi connectivity index (χ2n) is 8.69. The Hall–Kier alpha value is -4.87. The highest BCUT2D eigenvalue weighted by Crippen LogP contribution is 2.50. The molecule has 4 aromatic rings. The zero-order valence-electron chi connectivity index (χ0n) is 20.9. The van der Waals surface area contributed by atoms with Gasteiger partial charge in [-0.15, -0.1) is 11.3 Å². The van der Waals surface area contributed by atoms with Crippen LogP contribution in [0.4, 0.5) is 17.1 Å². The lowest BCUT2D eigenvalue weighted by molar-refractivity contribution is -0.138. The third kappa shape index (κ3) is 5.69. The summed E-state index contributed by atoms with van der Waals surface area (Å²) < 4.78 is 11.8. The molecule has 1 aliphatic heterocycles. The molecule has 2 heterocycles. The maximum Gasteiger partial charge on any atom is 0.303 e. The Morgan fingerprint density at radius 1 is 0.846 bits per heavy atom. The van der Waals surface area contributed by atoms with E-state index in [0.29, 0.717) is 29.6 Å². The summed E-state index contributed by atoms with van der Waals surface area (Å²) in [6, 6.07) is 30.2. The molecule has 0 spiro atoms. The Bertz CT molecular complexity index is 1520. The minimum absolute atomic E-state index is 0.113. The van der Waals surface area contributed by atoms with Crippen LogP contribution in [0.2, 0.25) is 0 Å². The standard InChI is InChI=1S/C31H24N2O5S/c32-20-22(26(34)15-16-28(35)36)19-27-29-30(38-18-17-37-29)31(39-27)21-11-13-25(14-12-21)33(23-7-3-1-4-8-23)24-9-5-2-6-10-24/h1-14,19H,15-18H2,(H,35,36)/b22-19+. The maximum absolute atomic E-state index is 12.4. The minimum atomic E-state index is -1.09. The number of carbonyl (C=O) groups is 2. The number of aliphatic carboxylic acids is 1. The Labute approximate surface area is 229 Å².